The van der Waals surface area contributed by atoms with E-state index in [0.717, 1.165) is 109 Å². The number of hydrogen-bond acceptors (Lipinski definition) is 15. The molecule has 0 radical (unpaired) electrons. The average molecular weight is 1400 g/mol. The van der Waals surface area contributed by atoms with Crippen LogP contribution in [0.1, 0.15) is 395 Å². The van der Waals surface area contributed by atoms with Gasteiger partial charge in [0.2, 0.25) is 0 Å². The van der Waals surface area contributed by atoms with Crippen LogP contribution in [0.4, 0.5) is 0 Å². The molecule has 0 saturated carbocycles. The molecular formula is C76H148O17P2. The van der Waals surface area contributed by atoms with Gasteiger partial charge in [0.05, 0.1) is 26.4 Å². The minimum atomic E-state index is -4.96. The zero-order valence-corrected chi connectivity index (χ0v) is 63.8. The van der Waals surface area contributed by atoms with Crippen molar-refractivity contribution in [1.82, 2.24) is 0 Å². The molecule has 3 unspecified atom stereocenters. The summed E-state index contributed by atoms with van der Waals surface area (Å²) in [5.41, 5.74) is 0. The van der Waals surface area contributed by atoms with Crippen molar-refractivity contribution in [2.75, 3.05) is 39.6 Å². The SMILES string of the molecule is CCCCCCCCCCCCCCCCCCC(=O)OC[C@H](COP(=O)(O)OC[C@@H](O)COP(=O)(O)OC[C@@H](COC(=O)CCCCCCCCC)OC(=O)CCCCCCCCCC(C)C)OC(=O)CCCCCCCCCCCCCCCCCCCCC(C)CC. The number of hydrogen-bond donors (Lipinski definition) is 3. The molecule has 19 heteroatoms. The molecule has 0 amide bonds. The summed E-state index contributed by atoms with van der Waals surface area (Å²) in [5.74, 6) is -0.556. The van der Waals surface area contributed by atoms with Crippen LogP contribution in [0.15, 0.2) is 0 Å². The molecule has 0 aliphatic carbocycles. The maximum atomic E-state index is 13.1. The molecule has 6 atom stereocenters. The van der Waals surface area contributed by atoms with Crippen molar-refractivity contribution in [2.45, 2.75) is 413 Å². The highest BCUT2D eigenvalue weighted by molar-refractivity contribution is 7.47. The van der Waals surface area contributed by atoms with E-state index in [1.807, 2.05) is 0 Å². The molecule has 3 N–H and O–H groups in total. The van der Waals surface area contributed by atoms with Crippen LogP contribution < -0.4 is 0 Å². The largest absolute Gasteiger partial charge is 0.472 e. The predicted molar refractivity (Wildman–Crippen MR) is 386 cm³/mol. The third-order valence-corrected chi connectivity index (χ3v) is 20.0. The minimum Gasteiger partial charge on any atom is -0.462 e. The van der Waals surface area contributed by atoms with Crippen molar-refractivity contribution >= 4 is 39.5 Å². The Bertz CT molecular complexity index is 1840. The number of phosphoric ester groups is 2. The fourth-order valence-corrected chi connectivity index (χ4v) is 13.2. The first kappa shape index (κ1) is 93.1. The van der Waals surface area contributed by atoms with Gasteiger partial charge in [0.15, 0.2) is 12.2 Å². The summed E-state index contributed by atoms with van der Waals surface area (Å²) in [6.45, 7) is 9.55. The summed E-state index contributed by atoms with van der Waals surface area (Å²) in [6.07, 6.45) is 55.8. The van der Waals surface area contributed by atoms with Gasteiger partial charge in [-0.15, -0.1) is 0 Å². The summed E-state index contributed by atoms with van der Waals surface area (Å²) in [4.78, 5) is 72.6. The highest BCUT2D eigenvalue weighted by Gasteiger charge is 2.30. The van der Waals surface area contributed by atoms with Gasteiger partial charge < -0.3 is 33.8 Å². The van der Waals surface area contributed by atoms with Crippen molar-refractivity contribution in [3.63, 3.8) is 0 Å². The molecule has 0 aromatic heterocycles. The van der Waals surface area contributed by atoms with E-state index in [9.17, 15) is 43.2 Å². The second kappa shape index (κ2) is 67.9. The molecule has 0 aliphatic rings. The number of unbranched alkanes of at least 4 members (excludes halogenated alkanes) is 44. The lowest BCUT2D eigenvalue weighted by molar-refractivity contribution is -0.161. The van der Waals surface area contributed by atoms with Crippen LogP contribution in [-0.2, 0) is 65.4 Å². The Hall–Kier alpha value is -1.94. The van der Waals surface area contributed by atoms with E-state index in [4.69, 9.17) is 37.0 Å². The van der Waals surface area contributed by atoms with Crippen molar-refractivity contribution in [2.24, 2.45) is 11.8 Å². The predicted octanol–water partition coefficient (Wildman–Crippen LogP) is 22.3. The first-order chi connectivity index (χ1) is 45.9. The van der Waals surface area contributed by atoms with Crippen molar-refractivity contribution in [3.05, 3.63) is 0 Å². The monoisotopic (exact) mass is 1400 g/mol. The summed E-state index contributed by atoms with van der Waals surface area (Å²) >= 11 is 0. The van der Waals surface area contributed by atoms with Gasteiger partial charge in [-0.2, -0.15) is 0 Å². The van der Waals surface area contributed by atoms with E-state index < -0.39 is 97.5 Å². The van der Waals surface area contributed by atoms with Gasteiger partial charge in [-0.05, 0) is 37.5 Å². The summed E-state index contributed by atoms with van der Waals surface area (Å²) < 4.78 is 68.3. The van der Waals surface area contributed by atoms with Gasteiger partial charge in [0.1, 0.15) is 19.3 Å². The number of esters is 4. The quantitative estimate of drug-likeness (QED) is 0.0222. The Balaban J connectivity index is 5.15. The van der Waals surface area contributed by atoms with Gasteiger partial charge in [-0.1, -0.05) is 343 Å². The van der Waals surface area contributed by atoms with Crippen LogP contribution in [-0.4, -0.2) is 96.7 Å². The van der Waals surface area contributed by atoms with E-state index >= 15 is 0 Å². The van der Waals surface area contributed by atoms with Crippen LogP contribution in [0.2, 0.25) is 0 Å². The third kappa shape index (κ3) is 69.0. The maximum Gasteiger partial charge on any atom is 0.472 e. The van der Waals surface area contributed by atoms with Gasteiger partial charge in [0, 0.05) is 25.7 Å². The molecule has 95 heavy (non-hydrogen) atoms. The first-order valence-electron chi connectivity index (χ1n) is 39.5. The average Bonchev–Trinajstić information content (AvgIpc) is 1.75. The fourth-order valence-electron chi connectivity index (χ4n) is 11.6. The Kier molecular flexibility index (Phi) is 66.5. The van der Waals surface area contributed by atoms with Gasteiger partial charge >= 0.3 is 39.5 Å². The number of aliphatic hydroxyl groups excluding tert-OH is 1. The van der Waals surface area contributed by atoms with E-state index in [1.165, 1.54) is 199 Å². The lowest BCUT2D eigenvalue weighted by atomic mass is 9.99. The molecule has 0 bridgehead atoms. The first-order valence-corrected chi connectivity index (χ1v) is 42.5. The van der Waals surface area contributed by atoms with Crippen molar-refractivity contribution < 1.29 is 80.2 Å². The van der Waals surface area contributed by atoms with Crippen LogP contribution >= 0.6 is 15.6 Å². The lowest BCUT2D eigenvalue weighted by Gasteiger charge is -2.21. The molecule has 0 aromatic rings. The number of carbonyl (C=O) groups is 4. The minimum absolute atomic E-state index is 0.103. The highest BCUT2D eigenvalue weighted by atomic mass is 31.2. The van der Waals surface area contributed by atoms with Crippen LogP contribution in [0.5, 0.6) is 0 Å². The number of carbonyl (C=O) groups excluding carboxylic acids is 4. The van der Waals surface area contributed by atoms with Crippen molar-refractivity contribution in [1.29, 1.82) is 0 Å². The summed E-state index contributed by atoms with van der Waals surface area (Å²) in [6, 6.07) is 0. The zero-order chi connectivity index (χ0) is 70.0. The molecule has 0 spiro atoms. The molecule has 0 saturated heterocycles. The Morgan fingerprint density at radius 3 is 0.800 bits per heavy atom. The van der Waals surface area contributed by atoms with E-state index in [2.05, 4.69) is 41.5 Å². The van der Waals surface area contributed by atoms with Gasteiger partial charge in [-0.25, -0.2) is 9.13 Å². The van der Waals surface area contributed by atoms with Crippen LogP contribution in [0.3, 0.4) is 0 Å². The number of aliphatic hydroxyl groups is 1. The molecular weight excluding hydrogens is 1250 g/mol. The molecule has 17 nitrogen and oxygen atoms in total. The molecule has 564 valence electrons. The maximum absolute atomic E-state index is 13.1. The summed E-state index contributed by atoms with van der Waals surface area (Å²) in [5, 5.41) is 10.6. The van der Waals surface area contributed by atoms with E-state index in [-0.39, 0.29) is 25.7 Å². The van der Waals surface area contributed by atoms with Crippen molar-refractivity contribution in [3.8, 4) is 0 Å². The van der Waals surface area contributed by atoms with Crippen LogP contribution in [0, 0.1) is 11.8 Å². The molecule has 0 aliphatic heterocycles. The Morgan fingerprint density at radius 2 is 0.537 bits per heavy atom. The lowest BCUT2D eigenvalue weighted by Crippen LogP contribution is -2.30. The van der Waals surface area contributed by atoms with Gasteiger partial charge in [-0.3, -0.25) is 37.3 Å². The third-order valence-electron chi connectivity index (χ3n) is 18.1. The topological polar surface area (TPSA) is 237 Å². The number of ether oxygens (including phenoxy) is 4. The normalized spacial score (nSPS) is 14.3. The second-order valence-electron chi connectivity index (χ2n) is 28.1. The smallest absolute Gasteiger partial charge is 0.462 e. The Labute approximate surface area is 581 Å². The number of phosphoric acid groups is 2. The zero-order valence-electron chi connectivity index (χ0n) is 62.0. The molecule has 0 fully saturated rings. The molecule has 0 aromatic carbocycles. The second-order valence-corrected chi connectivity index (χ2v) is 31.0. The standard InChI is InChI=1S/C76H148O17P2/c1-7-10-12-14-16-17-18-19-20-26-29-32-35-41-47-53-59-74(79)87-65-72(92-75(80)60-54-48-42-36-33-30-27-24-22-21-23-25-28-31-34-40-45-51-57-69(6)9-3)67-91-95(84,85)89-63-70(77)62-88-94(82,83)90-66-71(64-86-73(78)58-52-46-38-15-13-11-8-2)93-76(81)61-55-49-43-37-39-44-50-56-68(4)5/h68-72,77H,7-67H2,1-6H3,(H,82,83)(H,84,85)/t69?,70-,71+,72+/m0/s1. The highest BCUT2D eigenvalue weighted by Crippen LogP contribution is 2.45. The van der Waals surface area contributed by atoms with E-state index in [1.54, 1.807) is 0 Å². The van der Waals surface area contributed by atoms with Crippen LogP contribution in [0.25, 0.3) is 0 Å². The van der Waals surface area contributed by atoms with Gasteiger partial charge in [0.25, 0.3) is 0 Å². The summed E-state index contributed by atoms with van der Waals surface area (Å²) in [7, 11) is -9.90. The van der Waals surface area contributed by atoms with E-state index in [0.29, 0.717) is 31.6 Å². The molecule has 0 rings (SSSR count). The Morgan fingerprint density at radius 1 is 0.305 bits per heavy atom. The molecule has 0 heterocycles. The fraction of sp³-hybridized carbons (Fsp3) is 0.947. The number of rotatable bonds is 75.